The van der Waals surface area contributed by atoms with E-state index in [9.17, 15) is 17.6 Å². The maximum absolute atomic E-state index is 13.3. The minimum atomic E-state index is -3.25. The van der Waals surface area contributed by atoms with Gasteiger partial charge in [-0.1, -0.05) is 30.4 Å². The minimum absolute atomic E-state index is 0.0379. The fraction of sp³-hybridized carbons (Fsp3) is 0.300. The standard InChI is InChI=1S/C20H19FN2O4S2/c1-2-29(25,26)16-6-3-13(4-7-16)9-19(24)27-15-11-23(12-15)20-22-17-8-5-14(21)10-18(17)28-20/h3-8,10,15H,2,9,11-12H2,1H3. The van der Waals surface area contributed by atoms with E-state index in [0.29, 0.717) is 18.7 Å². The second-order valence-corrected chi connectivity index (χ2v) is 10.1. The first kappa shape index (κ1) is 19.8. The molecule has 0 radical (unpaired) electrons. The lowest BCUT2D eigenvalue weighted by molar-refractivity contribution is -0.149. The predicted octanol–water partition coefficient (Wildman–Crippen LogP) is 3.20. The smallest absolute Gasteiger partial charge is 0.310 e. The summed E-state index contributed by atoms with van der Waals surface area (Å²) in [5.74, 6) is -0.605. The fourth-order valence-corrected chi connectivity index (χ4v) is 4.96. The number of esters is 1. The van der Waals surface area contributed by atoms with E-state index in [2.05, 4.69) is 4.98 Å². The van der Waals surface area contributed by atoms with Crippen molar-refractivity contribution in [3.05, 3.63) is 53.8 Å². The molecule has 0 unspecified atom stereocenters. The normalized spacial score (nSPS) is 14.8. The van der Waals surface area contributed by atoms with Gasteiger partial charge in [0, 0.05) is 0 Å². The third kappa shape index (κ3) is 4.25. The number of hydrogen-bond acceptors (Lipinski definition) is 7. The molecule has 1 fully saturated rings. The van der Waals surface area contributed by atoms with Crippen LogP contribution in [0.3, 0.4) is 0 Å². The van der Waals surface area contributed by atoms with Crippen LogP contribution in [0.25, 0.3) is 10.2 Å². The highest BCUT2D eigenvalue weighted by atomic mass is 32.2. The monoisotopic (exact) mass is 434 g/mol. The lowest BCUT2D eigenvalue weighted by Gasteiger charge is -2.38. The number of rotatable bonds is 6. The first-order valence-corrected chi connectivity index (χ1v) is 11.6. The molecule has 0 aliphatic carbocycles. The van der Waals surface area contributed by atoms with Crippen LogP contribution in [0.5, 0.6) is 0 Å². The Balaban J connectivity index is 1.30. The molecule has 1 saturated heterocycles. The van der Waals surface area contributed by atoms with E-state index in [1.165, 1.54) is 35.6 Å². The van der Waals surface area contributed by atoms with Gasteiger partial charge in [-0.3, -0.25) is 4.79 Å². The topological polar surface area (TPSA) is 76.6 Å². The largest absolute Gasteiger partial charge is 0.458 e. The molecular weight excluding hydrogens is 415 g/mol. The molecule has 6 nitrogen and oxygen atoms in total. The van der Waals surface area contributed by atoms with Gasteiger partial charge in [0.15, 0.2) is 15.0 Å². The van der Waals surface area contributed by atoms with Crippen molar-refractivity contribution in [1.29, 1.82) is 0 Å². The average molecular weight is 435 g/mol. The zero-order valence-electron chi connectivity index (χ0n) is 15.7. The molecule has 3 aromatic rings. The maximum Gasteiger partial charge on any atom is 0.310 e. The number of hydrogen-bond donors (Lipinski definition) is 0. The highest BCUT2D eigenvalue weighted by Gasteiger charge is 2.32. The van der Waals surface area contributed by atoms with Gasteiger partial charge in [-0.15, -0.1) is 0 Å². The molecule has 0 saturated carbocycles. The Kier molecular flexibility index (Phi) is 5.26. The van der Waals surface area contributed by atoms with E-state index in [1.807, 2.05) is 4.90 Å². The number of carbonyl (C=O) groups is 1. The van der Waals surface area contributed by atoms with Crippen molar-refractivity contribution in [2.75, 3.05) is 23.7 Å². The summed E-state index contributed by atoms with van der Waals surface area (Å²) >= 11 is 1.41. The Morgan fingerprint density at radius 3 is 2.66 bits per heavy atom. The Morgan fingerprint density at radius 2 is 1.97 bits per heavy atom. The van der Waals surface area contributed by atoms with E-state index in [1.54, 1.807) is 25.1 Å². The molecule has 1 aliphatic heterocycles. The quantitative estimate of drug-likeness (QED) is 0.555. The number of sulfone groups is 1. The lowest BCUT2D eigenvalue weighted by atomic mass is 10.1. The van der Waals surface area contributed by atoms with E-state index < -0.39 is 9.84 Å². The number of benzene rings is 2. The second kappa shape index (κ2) is 7.72. The van der Waals surface area contributed by atoms with E-state index in [-0.39, 0.29) is 35.0 Å². The van der Waals surface area contributed by atoms with E-state index in [4.69, 9.17) is 4.74 Å². The molecule has 1 aromatic heterocycles. The molecule has 2 heterocycles. The van der Waals surface area contributed by atoms with E-state index in [0.717, 1.165) is 15.3 Å². The molecule has 29 heavy (non-hydrogen) atoms. The third-order valence-corrected chi connectivity index (χ3v) is 7.60. The van der Waals surface area contributed by atoms with Crippen LogP contribution >= 0.6 is 11.3 Å². The van der Waals surface area contributed by atoms with Crippen molar-refractivity contribution in [3.63, 3.8) is 0 Å². The Labute approximate surface area is 171 Å². The molecule has 0 bridgehead atoms. The van der Waals surface area contributed by atoms with Gasteiger partial charge in [0.1, 0.15) is 11.9 Å². The summed E-state index contributed by atoms with van der Waals surface area (Å²) in [6.07, 6.45) is -0.130. The van der Waals surface area contributed by atoms with Crippen LogP contribution in [0.15, 0.2) is 47.4 Å². The summed E-state index contributed by atoms with van der Waals surface area (Å²) in [6, 6.07) is 10.8. The van der Waals surface area contributed by atoms with Gasteiger partial charge in [-0.2, -0.15) is 0 Å². The van der Waals surface area contributed by atoms with Crippen molar-refractivity contribution in [2.24, 2.45) is 0 Å². The number of anilines is 1. The molecule has 0 N–H and O–H groups in total. The molecule has 152 valence electrons. The van der Waals surface area contributed by atoms with Crippen molar-refractivity contribution >= 4 is 42.5 Å². The Bertz CT molecular complexity index is 1150. The summed E-state index contributed by atoms with van der Waals surface area (Å²) in [7, 11) is -3.25. The molecule has 0 amide bonds. The predicted molar refractivity (Wildman–Crippen MR) is 110 cm³/mol. The highest BCUT2D eigenvalue weighted by Crippen LogP contribution is 2.32. The Morgan fingerprint density at radius 1 is 1.24 bits per heavy atom. The van der Waals surface area contributed by atoms with Crippen LogP contribution in [0.1, 0.15) is 12.5 Å². The van der Waals surface area contributed by atoms with Gasteiger partial charge in [-0.25, -0.2) is 17.8 Å². The zero-order valence-corrected chi connectivity index (χ0v) is 17.3. The summed E-state index contributed by atoms with van der Waals surface area (Å²) in [6.45, 7) is 2.68. The van der Waals surface area contributed by atoms with Crippen LogP contribution in [0, 0.1) is 5.82 Å². The van der Waals surface area contributed by atoms with Gasteiger partial charge < -0.3 is 9.64 Å². The van der Waals surface area contributed by atoms with Crippen LogP contribution < -0.4 is 4.90 Å². The second-order valence-electron chi connectivity index (χ2n) is 6.85. The summed E-state index contributed by atoms with van der Waals surface area (Å²) in [5.41, 5.74) is 1.45. The van der Waals surface area contributed by atoms with Gasteiger partial charge in [-0.05, 0) is 35.9 Å². The number of ether oxygens (including phenoxy) is 1. The first-order valence-electron chi connectivity index (χ1n) is 9.16. The number of halogens is 1. The van der Waals surface area contributed by atoms with Crippen LogP contribution in [-0.4, -0.2) is 44.3 Å². The highest BCUT2D eigenvalue weighted by molar-refractivity contribution is 7.91. The van der Waals surface area contributed by atoms with E-state index >= 15 is 0 Å². The van der Waals surface area contributed by atoms with Gasteiger partial charge >= 0.3 is 5.97 Å². The van der Waals surface area contributed by atoms with Crippen molar-refractivity contribution in [3.8, 4) is 0 Å². The number of carbonyl (C=O) groups excluding carboxylic acids is 1. The molecule has 0 spiro atoms. The molecule has 2 aromatic carbocycles. The van der Waals surface area contributed by atoms with Crippen LogP contribution in [-0.2, 0) is 25.8 Å². The average Bonchev–Trinajstić information content (AvgIpc) is 3.07. The number of aromatic nitrogens is 1. The van der Waals surface area contributed by atoms with Crippen LogP contribution in [0.2, 0.25) is 0 Å². The summed E-state index contributed by atoms with van der Waals surface area (Å²) < 4.78 is 43.2. The lowest BCUT2D eigenvalue weighted by Crippen LogP contribution is -2.53. The zero-order chi connectivity index (χ0) is 20.6. The molecule has 0 atom stereocenters. The number of nitrogens with zero attached hydrogens (tertiary/aromatic N) is 2. The van der Waals surface area contributed by atoms with Crippen molar-refractivity contribution in [1.82, 2.24) is 4.98 Å². The SMILES string of the molecule is CCS(=O)(=O)c1ccc(CC(=O)OC2CN(c3nc4ccc(F)cc4s3)C2)cc1. The van der Waals surface area contributed by atoms with Crippen molar-refractivity contribution < 1.29 is 22.3 Å². The number of fused-ring (bicyclic) bond motifs is 1. The minimum Gasteiger partial charge on any atom is -0.458 e. The molecule has 9 heteroatoms. The van der Waals surface area contributed by atoms with Gasteiger partial charge in [0.2, 0.25) is 0 Å². The summed E-state index contributed by atoms with van der Waals surface area (Å²) in [4.78, 5) is 18.9. The van der Waals surface area contributed by atoms with Crippen molar-refractivity contribution in [2.45, 2.75) is 24.3 Å². The molecular formula is C20H19FN2O4S2. The third-order valence-electron chi connectivity index (χ3n) is 4.77. The van der Waals surface area contributed by atoms with Crippen LogP contribution in [0.4, 0.5) is 9.52 Å². The maximum atomic E-state index is 13.3. The number of thiazole rings is 1. The van der Waals surface area contributed by atoms with Gasteiger partial charge in [0.05, 0.1) is 40.4 Å². The Hall–Kier alpha value is -2.52. The van der Waals surface area contributed by atoms with Gasteiger partial charge in [0.25, 0.3) is 0 Å². The first-order chi connectivity index (χ1) is 13.8. The summed E-state index contributed by atoms with van der Waals surface area (Å²) in [5, 5.41) is 0.783. The molecule has 1 aliphatic rings. The molecule has 4 rings (SSSR count). The fourth-order valence-electron chi connectivity index (χ4n) is 3.07.